The van der Waals surface area contributed by atoms with E-state index in [1.165, 1.54) is 0 Å². The van der Waals surface area contributed by atoms with E-state index in [-0.39, 0.29) is 12.8 Å². The number of carboxylic acids is 1. The van der Waals surface area contributed by atoms with Gasteiger partial charge in [-0.3, -0.25) is 4.79 Å². The Kier molecular flexibility index (Phi) is 2.85. The van der Waals surface area contributed by atoms with E-state index in [2.05, 4.69) is 0 Å². The molecule has 1 aliphatic rings. The summed E-state index contributed by atoms with van der Waals surface area (Å²) in [4.78, 5) is 12.6. The Balaban J connectivity index is 2.75. The van der Waals surface area contributed by atoms with Gasteiger partial charge in [-0.05, 0) is 33.0 Å². The van der Waals surface area contributed by atoms with Gasteiger partial charge in [-0.25, -0.2) is 8.78 Å². The van der Waals surface area contributed by atoms with E-state index in [9.17, 15) is 13.6 Å². The van der Waals surface area contributed by atoms with Gasteiger partial charge in [0, 0.05) is 0 Å². The normalized spacial score (nSPS) is 23.4. The van der Waals surface area contributed by atoms with Gasteiger partial charge in [0.05, 0.1) is 0 Å². The maximum absolute atomic E-state index is 12.6. The molecule has 1 heterocycles. The molecule has 0 unspecified atom stereocenters. The second-order valence-electron chi connectivity index (χ2n) is 3.57. The fourth-order valence-corrected chi connectivity index (χ4v) is 1.54. The Morgan fingerprint density at radius 2 is 1.92 bits per heavy atom. The molecule has 0 atom stereocenters. The van der Waals surface area contributed by atoms with Gasteiger partial charge in [0.1, 0.15) is 5.41 Å². The quantitative estimate of drug-likeness (QED) is 0.712. The summed E-state index contributed by atoms with van der Waals surface area (Å²) in [6.45, 7) is 0.854. The van der Waals surface area contributed by atoms with Gasteiger partial charge < -0.3 is 10.0 Å². The van der Waals surface area contributed by atoms with E-state index in [0.717, 1.165) is 0 Å². The van der Waals surface area contributed by atoms with Crippen LogP contribution in [0.5, 0.6) is 0 Å². The molecule has 76 valence electrons. The predicted molar refractivity (Wildman–Crippen MR) is 42.8 cm³/mol. The Bertz CT molecular complexity index is 200. The smallest absolute Gasteiger partial charge is 0.315 e. The van der Waals surface area contributed by atoms with Crippen molar-refractivity contribution in [2.75, 3.05) is 20.1 Å². The molecule has 0 saturated carbocycles. The Morgan fingerprint density at radius 3 is 2.23 bits per heavy atom. The lowest BCUT2D eigenvalue weighted by atomic mass is 9.79. The zero-order valence-electron chi connectivity index (χ0n) is 7.46. The molecule has 1 saturated heterocycles. The highest BCUT2D eigenvalue weighted by atomic mass is 19.3. The van der Waals surface area contributed by atoms with E-state index in [1.54, 1.807) is 7.05 Å². The third-order valence-electron chi connectivity index (χ3n) is 2.72. The fraction of sp³-hybridized carbons (Fsp3) is 0.875. The number of aliphatic carboxylic acids is 1. The van der Waals surface area contributed by atoms with E-state index in [1.807, 2.05) is 4.90 Å². The molecule has 5 heteroatoms. The highest BCUT2D eigenvalue weighted by molar-refractivity contribution is 5.75. The van der Waals surface area contributed by atoms with Crippen molar-refractivity contribution in [1.82, 2.24) is 4.90 Å². The minimum absolute atomic E-state index is 0.0382. The first-order valence-corrected chi connectivity index (χ1v) is 4.19. The Morgan fingerprint density at radius 1 is 1.46 bits per heavy atom. The van der Waals surface area contributed by atoms with Crippen LogP contribution in [0.15, 0.2) is 0 Å². The first-order chi connectivity index (χ1) is 5.99. The average Bonchev–Trinajstić information content (AvgIpc) is 2.04. The molecule has 0 amide bonds. The molecule has 0 aromatic heterocycles. The first kappa shape index (κ1) is 10.4. The molecule has 1 fully saturated rings. The lowest BCUT2D eigenvalue weighted by molar-refractivity contribution is -0.164. The molecule has 13 heavy (non-hydrogen) atoms. The number of likely N-dealkylation sites (tertiary alicyclic amines) is 1. The molecule has 0 aromatic rings. The van der Waals surface area contributed by atoms with Crippen LogP contribution in [-0.2, 0) is 4.79 Å². The number of alkyl halides is 2. The van der Waals surface area contributed by atoms with Crippen LogP contribution in [0.2, 0.25) is 0 Å². The molecule has 1 N–H and O–H groups in total. The molecule has 0 aliphatic carbocycles. The number of piperidine rings is 1. The van der Waals surface area contributed by atoms with Gasteiger partial charge in [-0.15, -0.1) is 0 Å². The van der Waals surface area contributed by atoms with Gasteiger partial charge in [0.15, 0.2) is 0 Å². The van der Waals surface area contributed by atoms with Crippen molar-refractivity contribution in [3.8, 4) is 0 Å². The molecule has 1 aliphatic heterocycles. The largest absolute Gasteiger partial charge is 0.481 e. The van der Waals surface area contributed by atoms with Crippen LogP contribution in [0.25, 0.3) is 0 Å². The SMILES string of the molecule is CN1CCC(C(=O)O)(C(F)F)CC1. The maximum Gasteiger partial charge on any atom is 0.315 e. The van der Waals surface area contributed by atoms with Crippen LogP contribution < -0.4 is 0 Å². The summed E-state index contributed by atoms with van der Waals surface area (Å²) in [6.07, 6.45) is -2.69. The Hall–Kier alpha value is -0.710. The van der Waals surface area contributed by atoms with Gasteiger partial charge in [-0.1, -0.05) is 0 Å². The minimum atomic E-state index is -2.77. The molecule has 0 bridgehead atoms. The van der Waals surface area contributed by atoms with Crippen molar-refractivity contribution in [3.63, 3.8) is 0 Å². The summed E-state index contributed by atoms with van der Waals surface area (Å²) in [5, 5.41) is 8.75. The monoisotopic (exact) mass is 193 g/mol. The van der Waals surface area contributed by atoms with Crippen LogP contribution in [0, 0.1) is 5.41 Å². The number of halogens is 2. The number of carboxylic acid groups (broad SMARTS) is 1. The number of nitrogens with zero attached hydrogens (tertiary/aromatic N) is 1. The molecule has 0 radical (unpaired) electrons. The maximum atomic E-state index is 12.6. The number of carbonyl (C=O) groups is 1. The highest BCUT2D eigenvalue weighted by Gasteiger charge is 2.48. The van der Waals surface area contributed by atoms with Crippen LogP contribution in [-0.4, -0.2) is 42.5 Å². The topological polar surface area (TPSA) is 40.5 Å². The second kappa shape index (κ2) is 3.57. The van der Waals surface area contributed by atoms with E-state index >= 15 is 0 Å². The summed E-state index contributed by atoms with van der Waals surface area (Å²) in [5.74, 6) is -1.37. The molecule has 1 rings (SSSR count). The zero-order valence-corrected chi connectivity index (χ0v) is 7.46. The summed E-state index contributed by atoms with van der Waals surface area (Å²) < 4.78 is 25.1. The van der Waals surface area contributed by atoms with Gasteiger partial charge >= 0.3 is 5.97 Å². The summed E-state index contributed by atoms with van der Waals surface area (Å²) in [5.41, 5.74) is -1.80. The van der Waals surface area contributed by atoms with Crippen molar-refractivity contribution in [2.45, 2.75) is 19.3 Å². The number of hydrogen-bond donors (Lipinski definition) is 1. The highest BCUT2D eigenvalue weighted by Crippen LogP contribution is 2.37. The lowest BCUT2D eigenvalue weighted by Gasteiger charge is -2.36. The number of rotatable bonds is 2. The van der Waals surface area contributed by atoms with Gasteiger partial charge in [0.2, 0.25) is 0 Å². The summed E-state index contributed by atoms with van der Waals surface area (Å²) in [7, 11) is 1.80. The van der Waals surface area contributed by atoms with E-state index < -0.39 is 17.8 Å². The molecular weight excluding hydrogens is 180 g/mol. The van der Waals surface area contributed by atoms with Gasteiger partial charge in [-0.2, -0.15) is 0 Å². The van der Waals surface area contributed by atoms with Crippen molar-refractivity contribution in [2.24, 2.45) is 5.41 Å². The molecule has 3 nitrogen and oxygen atoms in total. The standard InChI is InChI=1S/C8H13F2NO2/c1-11-4-2-8(3-5-11,6(9)10)7(12)13/h6H,2-5H2,1H3,(H,12,13). The summed E-state index contributed by atoms with van der Waals surface area (Å²) >= 11 is 0. The second-order valence-corrected chi connectivity index (χ2v) is 3.57. The third kappa shape index (κ3) is 1.80. The summed E-state index contributed by atoms with van der Waals surface area (Å²) in [6, 6.07) is 0. The van der Waals surface area contributed by atoms with Crippen molar-refractivity contribution < 1.29 is 18.7 Å². The fourth-order valence-electron chi connectivity index (χ4n) is 1.54. The van der Waals surface area contributed by atoms with Crippen LogP contribution in [0.3, 0.4) is 0 Å². The predicted octanol–water partition coefficient (Wildman–Crippen LogP) is 1.05. The van der Waals surface area contributed by atoms with Crippen molar-refractivity contribution >= 4 is 5.97 Å². The first-order valence-electron chi connectivity index (χ1n) is 4.19. The van der Waals surface area contributed by atoms with Gasteiger partial charge in [0.25, 0.3) is 6.43 Å². The van der Waals surface area contributed by atoms with Crippen LogP contribution in [0.4, 0.5) is 8.78 Å². The van der Waals surface area contributed by atoms with E-state index in [0.29, 0.717) is 13.1 Å². The molecular formula is C8H13F2NO2. The average molecular weight is 193 g/mol. The number of hydrogen-bond acceptors (Lipinski definition) is 2. The molecule has 0 aromatic carbocycles. The third-order valence-corrected chi connectivity index (χ3v) is 2.72. The van der Waals surface area contributed by atoms with Crippen molar-refractivity contribution in [3.05, 3.63) is 0 Å². The van der Waals surface area contributed by atoms with Crippen LogP contribution >= 0.6 is 0 Å². The minimum Gasteiger partial charge on any atom is -0.481 e. The zero-order chi connectivity index (χ0) is 10.1. The van der Waals surface area contributed by atoms with Crippen molar-refractivity contribution in [1.29, 1.82) is 0 Å². The lowest BCUT2D eigenvalue weighted by Crippen LogP contribution is -2.47. The Labute approximate surface area is 75.3 Å². The molecule has 0 spiro atoms. The van der Waals surface area contributed by atoms with E-state index in [4.69, 9.17) is 5.11 Å². The van der Waals surface area contributed by atoms with Crippen LogP contribution in [0.1, 0.15) is 12.8 Å².